The molecule has 0 aromatic heterocycles. The molecular weight excluding hydrogens is 198 g/mol. The molecule has 0 saturated heterocycles. The van der Waals surface area contributed by atoms with Crippen LogP contribution < -0.4 is 10.5 Å². The molecule has 0 heterocycles. The number of hydrogen-bond acceptors (Lipinski definition) is 4. The van der Waals surface area contributed by atoms with E-state index in [1.165, 1.54) is 11.8 Å². The third-order valence-corrected chi connectivity index (χ3v) is 2.73. The van der Waals surface area contributed by atoms with E-state index in [4.69, 9.17) is 15.6 Å². The van der Waals surface area contributed by atoms with E-state index in [0.29, 0.717) is 18.0 Å². The lowest BCUT2D eigenvalue weighted by Gasteiger charge is -2.10. The molecule has 0 radical (unpaired) electrons. The second-order valence-electron chi connectivity index (χ2n) is 2.67. The molecule has 1 aromatic carbocycles. The van der Waals surface area contributed by atoms with Crippen molar-refractivity contribution in [3.05, 3.63) is 18.2 Å². The molecule has 78 valence electrons. The Morgan fingerprint density at radius 2 is 2.29 bits per heavy atom. The highest BCUT2D eigenvalue weighted by atomic mass is 32.2. The fourth-order valence-corrected chi connectivity index (χ4v) is 1.83. The molecule has 0 saturated carbocycles. The van der Waals surface area contributed by atoms with Gasteiger partial charge in [0.25, 0.3) is 0 Å². The third kappa shape index (κ3) is 2.82. The van der Waals surface area contributed by atoms with Crippen LogP contribution in [0, 0.1) is 0 Å². The van der Waals surface area contributed by atoms with Crippen molar-refractivity contribution >= 4 is 17.4 Å². The number of aliphatic hydroxyl groups excluding tert-OH is 1. The van der Waals surface area contributed by atoms with Crippen molar-refractivity contribution in [1.29, 1.82) is 0 Å². The summed E-state index contributed by atoms with van der Waals surface area (Å²) in [5.41, 5.74) is 6.54. The highest BCUT2D eigenvalue weighted by molar-refractivity contribution is 7.99. The summed E-state index contributed by atoms with van der Waals surface area (Å²) < 4.78 is 5.36. The van der Waals surface area contributed by atoms with Gasteiger partial charge in [-0.05, 0) is 19.1 Å². The number of benzene rings is 1. The van der Waals surface area contributed by atoms with Crippen LogP contribution in [0.3, 0.4) is 0 Å². The maximum absolute atomic E-state index is 8.70. The monoisotopic (exact) mass is 213 g/mol. The van der Waals surface area contributed by atoms with Crippen LogP contribution in [0.25, 0.3) is 0 Å². The van der Waals surface area contributed by atoms with E-state index in [9.17, 15) is 0 Å². The third-order valence-electron chi connectivity index (χ3n) is 1.67. The Bertz CT molecular complexity index is 291. The van der Waals surface area contributed by atoms with Gasteiger partial charge in [0.2, 0.25) is 0 Å². The Labute approximate surface area is 88.3 Å². The highest BCUT2D eigenvalue weighted by Crippen LogP contribution is 2.32. The molecule has 3 N–H and O–H groups in total. The summed E-state index contributed by atoms with van der Waals surface area (Å²) in [6.07, 6.45) is 0. The predicted octanol–water partition coefficient (Wildman–Crippen LogP) is 1.75. The van der Waals surface area contributed by atoms with E-state index in [1.54, 1.807) is 0 Å². The van der Waals surface area contributed by atoms with Gasteiger partial charge in [-0.2, -0.15) is 0 Å². The van der Waals surface area contributed by atoms with Gasteiger partial charge >= 0.3 is 0 Å². The lowest BCUT2D eigenvalue weighted by atomic mass is 10.3. The topological polar surface area (TPSA) is 55.5 Å². The summed E-state index contributed by atoms with van der Waals surface area (Å²) in [6.45, 7) is 2.69. The zero-order valence-electron chi connectivity index (χ0n) is 8.19. The summed E-state index contributed by atoms with van der Waals surface area (Å²) in [4.78, 5) is 0.963. The van der Waals surface area contributed by atoms with Gasteiger partial charge in [-0.1, -0.05) is 6.07 Å². The molecule has 4 heteroatoms. The Morgan fingerprint density at radius 1 is 1.50 bits per heavy atom. The van der Waals surface area contributed by atoms with Gasteiger partial charge < -0.3 is 15.6 Å². The predicted molar refractivity (Wildman–Crippen MR) is 59.8 cm³/mol. The van der Waals surface area contributed by atoms with Gasteiger partial charge in [0.1, 0.15) is 5.75 Å². The molecular formula is C10H15NO2S. The van der Waals surface area contributed by atoms with Crippen LogP contribution in [-0.2, 0) is 0 Å². The Morgan fingerprint density at radius 3 is 2.93 bits per heavy atom. The van der Waals surface area contributed by atoms with E-state index in [0.717, 1.165) is 10.6 Å². The summed E-state index contributed by atoms with van der Waals surface area (Å²) in [6, 6.07) is 5.68. The van der Waals surface area contributed by atoms with Crippen molar-refractivity contribution in [2.75, 3.05) is 24.7 Å². The molecule has 0 aliphatic carbocycles. The average molecular weight is 213 g/mol. The fourth-order valence-electron chi connectivity index (χ4n) is 1.09. The van der Waals surface area contributed by atoms with E-state index >= 15 is 0 Å². The van der Waals surface area contributed by atoms with Gasteiger partial charge in [0, 0.05) is 10.6 Å². The molecule has 0 aliphatic heterocycles. The van der Waals surface area contributed by atoms with E-state index in [1.807, 2.05) is 25.1 Å². The van der Waals surface area contributed by atoms with Gasteiger partial charge in [-0.25, -0.2) is 0 Å². The number of anilines is 1. The molecule has 0 aliphatic rings. The SMILES string of the molecule is CCOc1cccc(SCCO)c1N. The van der Waals surface area contributed by atoms with Crippen molar-refractivity contribution < 1.29 is 9.84 Å². The second kappa shape index (κ2) is 5.78. The number of para-hydroxylation sites is 1. The molecule has 0 fully saturated rings. The Balaban J connectivity index is 2.78. The maximum Gasteiger partial charge on any atom is 0.143 e. The molecule has 0 amide bonds. The van der Waals surface area contributed by atoms with E-state index < -0.39 is 0 Å². The first-order valence-electron chi connectivity index (χ1n) is 4.54. The molecule has 0 bridgehead atoms. The van der Waals surface area contributed by atoms with Gasteiger partial charge in [0.15, 0.2) is 0 Å². The standard InChI is InChI=1S/C10H15NO2S/c1-2-13-8-4-3-5-9(10(8)11)14-7-6-12/h3-5,12H,2,6-7,11H2,1H3. The lowest BCUT2D eigenvalue weighted by molar-refractivity contribution is 0.322. The lowest BCUT2D eigenvalue weighted by Crippen LogP contribution is -1.98. The summed E-state index contributed by atoms with van der Waals surface area (Å²) in [5, 5.41) is 8.70. The van der Waals surface area contributed by atoms with Crippen molar-refractivity contribution in [2.24, 2.45) is 0 Å². The van der Waals surface area contributed by atoms with Crippen LogP contribution >= 0.6 is 11.8 Å². The van der Waals surface area contributed by atoms with Crippen molar-refractivity contribution in [2.45, 2.75) is 11.8 Å². The quantitative estimate of drug-likeness (QED) is 0.578. The normalized spacial score (nSPS) is 10.1. The smallest absolute Gasteiger partial charge is 0.143 e. The van der Waals surface area contributed by atoms with Crippen molar-refractivity contribution in [3.63, 3.8) is 0 Å². The number of rotatable bonds is 5. The van der Waals surface area contributed by atoms with Crippen LogP contribution in [0.4, 0.5) is 5.69 Å². The van der Waals surface area contributed by atoms with Gasteiger partial charge in [-0.3, -0.25) is 0 Å². The minimum absolute atomic E-state index is 0.156. The number of nitrogens with two attached hydrogens (primary N) is 1. The number of nitrogen functional groups attached to an aromatic ring is 1. The maximum atomic E-state index is 8.70. The van der Waals surface area contributed by atoms with Crippen LogP contribution in [0.1, 0.15) is 6.92 Å². The molecule has 0 spiro atoms. The molecule has 0 atom stereocenters. The number of ether oxygens (including phenoxy) is 1. The molecule has 1 aromatic rings. The van der Waals surface area contributed by atoms with Crippen molar-refractivity contribution in [1.82, 2.24) is 0 Å². The average Bonchev–Trinajstić information content (AvgIpc) is 2.20. The summed E-state index contributed by atoms with van der Waals surface area (Å²) in [7, 11) is 0. The number of hydrogen-bond donors (Lipinski definition) is 2. The zero-order valence-corrected chi connectivity index (χ0v) is 9.01. The second-order valence-corrected chi connectivity index (χ2v) is 3.81. The Hall–Kier alpha value is -0.870. The molecule has 14 heavy (non-hydrogen) atoms. The number of aliphatic hydroxyl groups is 1. The van der Waals surface area contributed by atoms with E-state index in [2.05, 4.69) is 0 Å². The Kier molecular flexibility index (Phi) is 4.62. The highest BCUT2D eigenvalue weighted by Gasteiger charge is 2.05. The minimum atomic E-state index is 0.156. The summed E-state index contributed by atoms with van der Waals surface area (Å²) >= 11 is 1.53. The van der Waals surface area contributed by atoms with Gasteiger partial charge in [-0.15, -0.1) is 11.8 Å². The minimum Gasteiger partial charge on any atom is -0.492 e. The first-order valence-corrected chi connectivity index (χ1v) is 5.53. The largest absolute Gasteiger partial charge is 0.492 e. The summed E-state index contributed by atoms with van der Waals surface area (Å²) in [5.74, 6) is 1.37. The fraction of sp³-hybridized carbons (Fsp3) is 0.400. The van der Waals surface area contributed by atoms with Crippen LogP contribution in [0.15, 0.2) is 23.1 Å². The van der Waals surface area contributed by atoms with Crippen LogP contribution in [0.2, 0.25) is 0 Å². The first kappa shape index (κ1) is 11.2. The first-order chi connectivity index (χ1) is 6.79. The number of thioether (sulfide) groups is 1. The zero-order chi connectivity index (χ0) is 10.4. The molecule has 1 rings (SSSR count). The van der Waals surface area contributed by atoms with Crippen LogP contribution in [-0.4, -0.2) is 24.1 Å². The van der Waals surface area contributed by atoms with Crippen molar-refractivity contribution in [3.8, 4) is 5.75 Å². The molecule has 3 nitrogen and oxygen atoms in total. The van der Waals surface area contributed by atoms with E-state index in [-0.39, 0.29) is 6.61 Å². The van der Waals surface area contributed by atoms with Crippen LogP contribution in [0.5, 0.6) is 5.75 Å². The molecule has 0 unspecified atom stereocenters. The van der Waals surface area contributed by atoms with Gasteiger partial charge in [0.05, 0.1) is 18.9 Å².